The van der Waals surface area contributed by atoms with E-state index in [2.05, 4.69) is 30.4 Å². The Morgan fingerprint density at radius 1 is 1.24 bits per heavy atom. The molecule has 0 aliphatic carbocycles. The minimum Gasteiger partial charge on any atom is -0.378 e. The van der Waals surface area contributed by atoms with Crippen molar-refractivity contribution >= 4 is 5.91 Å². The largest absolute Gasteiger partial charge is 0.378 e. The van der Waals surface area contributed by atoms with Gasteiger partial charge in [-0.3, -0.25) is 14.4 Å². The summed E-state index contributed by atoms with van der Waals surface area (Å²) in [5, 5.41) is 4.69. The number of amides is 1. The van der Waals surface area contributed by atoms with Crippen LogP contribution in [0.25, 0.3) is 0 Å². The molecule has 1 atom stereocenters. The molecule has 3 rings (SSSR count). The molecule has 0 spiro atoms. The number of rotatable bonds is 5. The summed E-state index contributed by atoms with van der Waals surface area (Å²) in [6.45, 7) is 13.1. The van der Waals surface area contributed by atoms with E-state index >= 15 is 0 Å². The van der Waals surface area contributed by atoms with Crippen molar-refractivity contribution in [2.75, 3.05) is 39.4 Å². The van der Waals surface area contributed by atoms with Crippen LogP contribution in [0.5, 0.6) is 0 Å². The smallest absolute Gasteiger partial charge is 0.227 e. The Kier molecular flexibility index (Phi) is 6.12. The zero-order valence-corrected chi connectivity index (χ0v) is 16.0. The molecule has 0 saturated carbocycles. The Labute approximate surface area is 151 Å². The summed E-state index contributed by atoms with van der Waals surface area (Å²) >= 11 is 0. The lowest BCUT2D eigenvalue weighted by Crippen LogP contribution is -2.48. The monoisotopic (exact) mass is 348 g/mol. The Balaban J connectivity index is 1.63. The molecule has 1 amide bonds. The zero-order valence-electron chi connectivity index (χ0n) is 16.0. The summed E-state index contributed by atoms with van der Waals surface area (Å²) < 4.78 is 7.50. The first-order chi connectivity index (χ1) is 12.1. The molecule has 2 aliphatic heterocycles. The maximum Gasteiger partial charge on any atom is 0.227 e. The predicted molar refractivity (Wildman–Crippen MR) is 97.4 cm³/mol. The first-order valence-corrected chi connectivity index (χ1v) is 9.72. The van der Waals surface area contributed by atoms with Gasteiger partial charge in [-0.25, -0.2) is 0 Å². The Morgan fingerprint density at radius 2 is 2.00 bits per heavy atom. The van der Waals surface area contributed by atoms with Gasteiger partial charge in [-0.05, 0) is 39.7 Å². The first kappa shape index (κ1) is 18.4. The number of aromatic nitrogens is 2. The molecule has 25 heavy (non-hydrogen) atoms. The molecule has 0 N–H and O–H groups in total. The quantitative estimate of drug-likeness (QED) is 0.816. The highest BCUT2D eigenvalue weighted by Crippen LogP contribution is 2.23. The summed E-state index contributed by atoms with van der Waals surface area (Å²) in [5.74, 6) is 0.460. The lowest BCUT2D eigenvalue weighted by Gasteiger charge is -2.36. The Bertz CT molecular complexity index is 592. The minimum atomic E-state index is 0.137. The van der Waals surface area contributed by atoms with Crippen LogP contribution >= 0.6 is 0 Å². The van der Waals surface area contributed by atoms with Crippen LogP contribution in [0.1, 0.15) is 43.1 Å². The molecule has 0 unspecified atom stereocenters. The number of nitrogens with zero attached hydrogens (tertiary/aromatic N) is 4. The van der Waals surface area contributed by atoms with Crippen LogP contribution < -0.4 is 0 Å². The van der Waals surface area contributed by atoms with Crippen LogP contribution in [-0.4, -0.2) is 64.9 Å². The predicted octanol–water partition coefficient (Wildman–Crippen LogP) is 1.98. The minimum absolute atomic E-state index is 0.137. The second kappa shape index (κ2) is 8.32. The maximum absolute atomic E-state index is 12.8. The van der Waals surface area contributed by atoms with Gasteiger partial charge in [0.25, 0.3) is 0 Å². The second-order valence-electron chi connectivity index (χ2n) is 7.38. The molecule has 2 aliphatic rings. The standard InChI is InChI=1S/C19H32N4O2/c1-4-7-23-16(3)18(15(2)20-23)14-21-8-5-6-17(13-21)19(24)22-9-11-25-12-10-22/h17H,4-14H2,1-3H3/t17-/m0/s1. The molecule has 0 aromatic carbocycles. The lowest BCUT2D eigenvalue weighted by molar-refractivity contribution is -0.141. The van der Waals surface area contributed by atoms with E-state index in [4.69, 9.17) is 9.84 Å². The third-order valence-electron chi connectivity index (χ3n) is 5.53. The van der Waals surface area contributed by atoms with Crippen molar-refractivity contribution in [2.24, 2.45) is 5.92 Å². The van der Waals surface area contributed by atoms with Crippen molar-refractivity contribution < 1.29 is 9.53 Å². The van der Waals surface area contributed by atoms with Gasteiger partial charge in [-0.2, -0.15) is 5.10 Å². The lowest BCUT2D eigenvalue weighted by atomic mass is 9.95. The number of aryl methyl sites for hydroxylation is 2. The number of carbonyl (C=O) groups is 1. The fourth-order valence-electron chi connectivity index (χ4n) is 4.06. The molecule has 2 saturated heterocycles. The van der Waals surface area contributed by atoms with Gasteiger partial charge in [0, 0.05) is 44.0 Å². The number of likely N-dealkylation sites (tertiary alicyclic amines) is 1. The van der Waals surface area contributed by atoms with Gasteiger partial charge in [0.15, 0.2) is 0 Å². The molecule has 1 aromatic rings. The highest BCUT2D eigenvalue weighted by atomic mass is 16.5. The van der Waals surface area contributed by atoms with Gasteiger partial charge in [-0.15, -0.1) is 0 Å². The van der Waals surface area contributed by atoms with Crippen molar-refractivity contribution in [1.82, 2.24) is 19.6 Å². The number of ether oxygens (including phenoxy) is 1. The number of piperidine rings is 1. The topological polar surface area (TPSA) is 50.6 Å². The second-order valence-corrected chi connectivity index (χ2v) is 7.38. The van der Waals surface area contributed by atoms with Crippen LogP contribution in [0, 0.1) is 19.8 Å². The average Bonchev–Trinajstić information content (AvgIpc) is 2.90. The van der Waals surface area contributed by atoms with Gasteiger partial charge in [0.05, 0.1) is 24.8 Å². The van der Waals surface area contributed by atoms with E-state index in [1.54, 1.807) is 0 Å². The SMILES string of the molecule is CCCn1nc(C)c(CN2CCC[C@H](C(=O)N3CCOCC3)C2)c1C. The first-order valence-electron chi connectivity index (χ1n) is 9.72. The zero-order chi connectivity index (χ0) is 17.8. The van der Waals surface area contributed by atoms with Crippen LogP contribution in [0.15, 0.2) is 0 Å². The van der Waals surface area contributed by atoms with Gasteiger partial charge in [0.2, 0.25) is 5.91 Å². The number of hydrogen-bond acceptors (Lipinski definition) is 4. The van der Waals surface area contributed by atoms with E-state index in [0.29, 0.717) is 19.1 Å². The van der Waals surface area contributed by atoms with E-state index in [1.165, 1.54) is 11.3 Å². The van der Waals surface area contributed by atoms with E-state index < -0.39 is 0 Å². The molecule has 140 valence electrons. The van der Waals surface area contributed by atoms with E-state index in [1.807, 2.05) is 4.90 Å². The van der Waals surface area contributed by atoms with Crippen LogP contribution in [0.4, 0.5) is 0 Å². The molecule has 3 heterocycles. The van der Waals surface area contributed by atoms with E-state index in [-0.39, 0.29) is 5.92 Å². The number of morpholine rings is 1. The maximum atomic E-state index is 12.8. The average molecular weight is 348 g/mol. The molecular weight excluding hydrogens is 316 g/mol. The van der Waals surface area contributed by atoms with Crippen molar-refractivity contribution in [2.45, 2.75) is 53.1 Å². The highest BCUT2D eigenvalue weighted by molar-refractivity contribution is 5.79. The highest BCUT2D eigenvalue weighted by Gasteiger charge is 2.30. The molecule has 2 fully saturated rings. The summed E-state index contributed by atoms with van der Waals surface area (Å²) in [4.78, 5) is 17.2. The summed E-state index contributed by atoms with van der Waals surface area (Å²) in [5.41, 5.74) is 3.75. The van der Waals surface area contributed by atoms with Gasteiger partial charge >= 0.3 is 0 Å². The fourth-order valence-corrected chi connectivity index (χ4v) is 4.06. The summed E-state index contributed by atoms with van der Waals surface area (Å²) in [7, 11) is 0. The van der Waals surface area contributed by atoms with Gasteiger partial charge in [-0.1, -0.05) is 6.92 Å². The summed E-state index contributed by atoms with van der Waals surface area (Å²) in [6.07, 6.45) is 3.21. The van der Waals surface area contributed by atoms with E-state index in [9.17, 15) is 4.79 Å². The molecule has 0 bridgehead atoms. The van der Waals surface area contributed by atoms with Crippen molar-refractivity contribution in [3.05, 3.63) is 17.0 Å². The third-order valence-corrected chi connectivity index (χ3v) is 5.53. The third kappa shape index (κ3) is 4.23. The number of carbonyl (C=O) groups excluding carboxylic acids is 1. The Morgan fingerprint density at radius 3 is 2.72 bits per heavy atom. The van der Waals surface area contributed by atoms with Crippen molar-refractivity contribution in [1.29, 1.82) is 0 Å². The van der Waals surface area contributed by atoms with Crippen molar-refractivity contribution in [3.63, 3.8) is 0 Å². The van der Waals surface area contributed by atoms with Crippen LogP contribution in [0.2, 0.25) is 0 Å². The molecular formula is C19H32N4O2. The van der Waals surface area contributed by atoms with Gasteiger partial charge in [0.1, 0.15) is 0 Å². The summed E-state index contributed by atoms with van der Waals surface area (Å²) in [6, 6.07) is 0. The van der Waals surface area contributed by atoms with Gasteiger partial charge < -0.3 is 9.64 Å². The molecule has 6 nitrogen and oxygen atoms in total. The molecule has 1 aromatic heterocycles. The fraction of sp³-hybridized carbons (Fsp3) is 0.789. The Hall–Kier alpha value is -1.40. The van der Waals surface area contributed by atoms with E-state index in [0.717, 1.165) is 64.2 Å². The van der Waals surface area contributed by atoms with Crippen molar-refractivity contribution in [3.8, 4) is 0 Å². The normalized spacial score (nSPS) is 22.4. The van der Waals surface area contributed by atoms with Crippen LogP contribution in [0.3, 0.4) is 0 Å². The van der Waals surface area contributed by atoms with Crippen LogP contribution in [-0.2, 0) is 22.6 Å². The molecule has 0 radical (unpaired) electrons. The molecule has 6 heteroatoms. The number of hydrogen-bond donors (Lipinski definition) is 0.